The zero-order chi connectivity index (χ0) is 14.4. The highest BCUT2D eigenvalue weighted by molar-refractivity contribution is 5.30. The number of piperazine rings is 1. The van der Waals surface area contributed by atoms with Crippen LogP contribution in [-0.4, -0.2) is 40.4 Å². The number of nitrogens with zero attached hydrogens (tertiary/aromatic N) is 3. The van der Waals surface area contributed by atoms with Gasteiger partial charge in [-0.3, -0.25) is 5.10 Å². The highest BCUT2D eigenvalue weighted by Crippen LogP contribution is 2.14. The molecule has 20 heavy (non-hydrogen) atoms. The van der Waals surface area contributed by atoms with Crippen molar-refractivity contribution in [3.05, 3.63) is 5.82 Å². The topological polar surface area (TPSA) is 56.8 Å². The van der Waals surface area contributed by atoms with E-state index < -0.39 is 0 Å². The van der Waals surface area contributed by atoms with Gasteiger partial charge in [-0.25, -0.2) is 0 Å². The van der Waals surface area contributed by atoms with Crippen LogP contribution in [0.5, 0.6) is 0 Å². The van der Waals surface area contributed by atoms with Crippen molar-refractivity contribution < 1.29 is 0 Å². The monoisotopic (exact) mass is 279 g/mol. The van der Waals surface area contributed by atoms with Crippen molar-refractivity contribution in [2.24, 2.45) is 0 Å². The van der Waals surface area contributed by atoms with Gasteiger partial charge >= 0.3 is 0 Å². The molecule has 0 aromatic carbocycles. The molecule has 114 valence electrons. The molecule has 0 radical (unpaired) electrons. The third-order valence-electron chi connectivity index (χ3n) is 3.88. The fourth-order valence-corrected chi connectivity index (χ4v) is 2.92. The largest absolute Gasteiger partial charge is 0.336 e. The van der Waals surface area contributed by atoms with Crippen LogP contribution in [0.2, 0.25) is 0 Å². The smallest absolute Gasteiger partial charge is 0.244 e. The summed E-state index contributed by atoms with van der Waals surface area (Å²) in [5, 5.41) is 11.0. The van der Waals surface area contributed by atoms with Crippen LogP contribution in [0, 0.1) is 0 Å². The summed E-state index contributed by atoms with van der Waals surface area (Å²) in [7, 11) is 0. The number of nitrogens with one attached hydrogen (secondary N) is 2. The minimum Gasteiger partial charge on any atom is -0.336 e. The van der Waals surface area contributed by atoms with Gasteiger partial charge in [-0.05, 0) is 20.3 Å². The number of H-pyrrole nitrogens is 1. The summed E-state index contributed by atoms with van der Waals surface area (Å²) in [6, 6.07) is 0.990. The van der Waals surface area contributed by atoms with Crippen molar-refractivity contribution in [1.82, 2.24) is 20.5 Å². The van der Waals surface area contributed by atoms with Gasteiger partial charge in [-0.1, -0.05) is 32.6 Å². The first-order chi connectivity index (χ1) is 9.69. The van der Waals surface area contributed by atoms with E-state index in [1.54, 1.807) is 0 Å². The predicted octanol–water partition coefficient (Wildman–Crippen LogP) is 2.50. The van der Waals surface area contributed by atoms with E-state index in [0.717, 1.165) is 31.3 Å². The van der Waals surface area contributed by atoms with Crippen LogP contribution in [0.1, 0.15) is 58.7 Å². The average Bonchev–Trinajstić information content (AvgIpc) is 2.86. The minimum atomic E-state index is 0.495. The quantitative estimate of drug-likeness (QED) is 0.753. The summed E-state index contributed by atoms with van der Waals surface area (Å²) >= 11 is 0. The first-order valence-electron chi connectivity index (χ1n) is 8.11. The first-order valence-corrected chi connectivity index (χ1v) is 8.11. The Labute approximate surface area is 122 Å². The van der Waals surface area contributed by atoms with Crippen LogP contribution in [0.4, 0.5) is 5.95 Å². The lowest BCUT2D eigenvalue weighted by atomic mass is 10.1. The molecule has 1 aromatic rings. The SMILES string of the molecule is CCCCCCCc1nc(N2CC(C)NC(C)C2)n[nH]1. The second-order valence-corrected chi connectivity index (χ2v) is 6.12. The molecule has 0 spiro atoms. The molecular formula is C15H29N5. The molecule has 0 aliphatic carbocycles. The van der Waals surface area contributed by atoms with Crippen LogP contribution < -0.4 is 10.2 Å². The fraction of sp³-hybridized carbons (Fsp3) is 0.867. The normalized spacial score (nSPS) is 23.2. The van der Waals surface area contributed by atoms with Gasteiger partial charge < -0.3 is 10.2 Å². The Morgan fingerprint density at radius 2 is 1.80 bits per heavy atom. The van der Waals surface area contributed by atoms with Crippen molar-refractivity contribution in [1.29, 1.82) is 0 Å². The summed E-state index contributed by atoms with van der Waals surface area (Å²) in [5.74, 6) is 1.91. The average molecular weight is 279 g/mol. The number of aromatic nitrogens is 3. The van der Waals surface area contributed by atoms with Gasteiger partial charge in [0.15, 0.2) is 0 Å². The molecule has 1 saturated heterocycles. The van der Waals surface area contributed by atoms with E-state index in [0.29, 0.717) is 12.1 Å². The molecule has 0 saturated carbocycles. The molecule has 2 unspecified atom stereocenters. The lowest BCUT2D eigenvalue weighted by Crippen LogP contribution is -2.54. The summed E-state index contributed by atoms with van der Waals surface area (Å²) in [4.78, 5) is 6.93. The maximum atomic E-state index is 4.65. The van der Waals surface area contributed by atoms with Crippen molar-refractivity contribution in [3.8, 4) is 0 Å². The van der Waals surface area contributed by atoms with Crippen molar-refractivity contribution in [3.63, 3.8) is 0 Å². The zero-order valence-electron chi connectivity index (χ0n) is 13.2. The highest BCUT2D eigenvalue weighted by Gasteiger charge is 2.23. The number of hydrogen-bond acceptors (Lipinski definition) is 4. The lowest BCUT2D eigenvalue weighted by Gasteiger charge is -2.35. The van der Waals surface area contributed by atoms with Gasteiger partial charge in [-0.2, -0.15) is 4.98 Å². The van der Waals surface area contributed by atoms with Crippen molar-refractivity contribution in [2.75, 3.05) is 18.0 Å². The van der Waals surface area contributed by atoms with Crippen LogP contribution in [0.3, 0.4) is 0 Å². The number of unbranched alkanes of at least 4 members (excludes halogenated alkanes) is 4. The Bertz CT molecular complexity index is 379. The minimum absolute atomic E-state index is 0.495. The molecule has 1 aliphatic rings. The van der Waals surface area contributed by atoms with E-state index in [4.69, 9.17) is 0 Å². The molecule has 2 N–H and O–H groups in total. The van der Waals surface area contributed by atoms with Crippen LogP contribution >= 0.6 is 0 Å². The van der Waals surface area contributed by atoms with E-state index in [1.165, 1.54) is 32.1 Å². The maximum Gasteiger partial charge on any atom is 0.244 e. The molecule has 2 heterocycles. The van der Waals surface area contributed by atoms with Crippen LogP contribution in [0.25, 0.3) is 0 Å². The Morgan fingerprint density at radius 1 is 1.10 bits per heavy atom. The molecule has 1 fully saturated rings. The van der Waals surface area contributed by atoms with E-state index in [-0.39, 0.29) is 0 Å². The molecule has 5 nitrogen and oxygen atoms in total. The molecule has 2 rings (SSSR count). The fourth-order valence-electron chi connectivity index (χ4n) is 2.92. The number of aromatic amines is 1. The third-order valence-corrected chi connectivity index (χ3v) is 3.88. The van der Waals surface area contributed by atoms with Crippen molar-refractivity contribution >= 4 is 5.95 Å². The Kier molecular flexibility index (Phi) is 5.83. The lowest BCUT2D eigenvalue weighted by molar-refractivity contribution is 0.403. The van der Waals surface area contributed by atoms with Gasteiger partial charge in [-0.15, -0.1) is 5.10 Å². The van der Waals surface area contributed by atoms with E-state index in [1.807, 2.05) is 0 Å². The molecule has 2 atom stereocenters. The third kappa shape index (κ3) is 4.47. The van der Waals surface area contributed by atoms with Crippen molar-refractivity contribution in [2.45, 2.75) is 71.4 Å². The molecule has 0 amide bonds. The van der Waals surface area contributed by atoms with Crippen LogP contribution in [-0.2, 0) is 6.42 Å². The van der Waals surface area contributed by atoms with Gasteiger partial charge in [0.05, 0.1) is 0 Å². The van der Waals surface area contributed by atoms with Gasteiger partial charge in [0.25, 0.3) is 0 Å². The number of anilines is 1. The molecular weight excluding hydrogens is 250 g/mol. The van der Waals surface area contributed by atoms with Crippen LogP contribution in [0.15, 0.2) is 0 Å². The van der Waals surface area contributed by atoms with E-state index >= 15 is 0 Å². The Hall–Kier alpha value is -1.10. The number of rotatable bonds is 7. The maximum absolute atomic E-state index is 4.65. The van der Waals surface area contributed by atoms with Gasteiger partial charge in [0, 0.05) is 31.6 Å². The standard InChI is InChI=1S/C15H29N5/c1-4-5-6-7-8-9-14-17-15(19-18-14)20-10-12(2)16-13(3)11-20/h12-13,16H,4-11H2,1-3H3,(H,17,18,19). The summed E-state index contributed by atoms with van der Waals surface area (Å²) in [6.45, 7) is 8.64. The number of aryl methyl sites for hydroxylation is 1. The molecule has 1 aromatic heterocycles. The van der Waals surface area contributed by atoms with E-state index in [2.05, 4.69) is 46.2 Å². The second kappa shape index (κ2) is 7.62. The Balaban J connectivity index is 1.79. The summed E-state index contributed by atoms with van der Waals surface area (Å²) < 4.78 is 0. The second-order valence-electron chi connectivity index (χ2n) is 6.12. The molecule has 5 heteroatoms. The van der Waals surface area contributed by atoms with Gasteiger partial charge in [0.2, 0.25) is 5.95 Å². The Morgan fingerprint density at radius 3 is 2.50 bits per heavy atom. The summed E-state index contributed by atoms with van der Waals surface area (Å²) in [5.41, 5.74) is 0. The molecule has 0 bridgehead atoms. The van der Waals surface area contributed by atoms with E-state index in [9.17, 15) is 0 Å². The summed E-state index contributed by atoms with van der Waals surface area (Å²) in [6.07, 6.45) is 7.51. The zero-order valence-corrected chi connectivity index (χ0v) is 13.2. The first kappa shape index (κ1) is 15.3. The molecule has 1 aliphatic heterocycles. The highest BCUT2D eigenvalue weighted by atomic mass is 15.4. The predicted molar refractivity (Wildman–Crippen MR) is 83.1 cm³/mol. The number of hydrogen-bond donors (Lipinski definition) is 2. The van der Waals surface area contributed by atoms with Gasteiger partial charge in [0.1, 0.15) is 5.82 Å².